The van der Waals surface area contributed by atoms with Crippen LogP contribution in [0.15, 0.2) is 59.5 Å². The Labute approximate surface area is 131 Å². The number of nitrogens with zero attached hydrogens (tertiary/aromatic N) is 1. The lowest BCUT2D eigenvalue weighted by atomic mass is 10.1. The van der Waals surface area contributed by atoms with Crippen molar-refractivity contribution in [3.05, 3.63) is 65.7 Å². The van der Waals surface area contributed by atoms with Gasteiger partial charge in [-0.1, -0.05) is 36.4 Å². The number of benzene rings is 2. The highest BCUT2D eigenvalue weighted by atomic mass is 32.2. The third-order valence-electron chi connectivity index (χ3n) is 3.69. The first kappa shape index (κ1) is 16.2. The zero-order valence-electron chi connectivity index (χ0n) is 12.9. The minimum Gasteiger partial charge on any atom is -0.335 e. The maximum atomic E-state index is 12.6. The van der Waals surface area contributed by atoms with Crippen molar-refractivity contribution in [2.45, 2.75) is 17.9 Å². The fourth-order valence-corrected chi connectivity index (χ4v) is 2.86. The highest BCUT2D eigenvalue weighted by Crippen LogP contribution is 2.21. The summed E-state index contributed by atoms with van der Waals surface area (Å²) in [6.07, 6.45) is 1.13. The van der Waals surface area contributed by atoms with E-state index in [-0.39, 0.29) is 16.8 Å². The normalized spacial score (nSPS) is 12.7. The van der Waals surface area contributed by atoms with E-state index >= 15 is 0 Å². The second-order valence-electron chi connectivity index (χ2n) is 5.30. The van der Waals surface area contributed by atoms with Crippen LogP contribution in [0.2, 0.25) is 0 Å². The van der Waals surface area contributed by atoms with Gasteiger partial charge < -0.3 is 4.90 Å². The van der Waals surface area contributed by atoms with E-state index < -0.39 is 9.84 Å². The SMILES string of the molecule is CC(c1ccccc1)N(C)C(=O)c1cccc(S(C)(=O)=O)c1. The molecule has 2 aromatic rings. The fourth-order valence-electron chi connectivity index (χ4n) is 2.19. The maximum Gasteiger partial charge on any atom is 0.254 e. The van der Waals surface area contributed by atoms with E-state index in [9.17, 15) is 13.2 Å². The molecule has 0 heterocycles. The van der Waals surface area contributed by atoms with Crippen LogP contribution in [0, 0.1) is 0 Å². The summed E-state index contributed by atoms with van der Waals surface area (Å²) in [6, 6.07) is 15.7. The standard InChI is InChI=1S/C17H19NO3S/c1-13(14-8-5-4-6-9-14)18(2)17(19)15-10-7-11-16(12-15)22(3,20)21/h4-13H,1-3H3. The molecule has 0 aliphatic carbocycles. The molecule has 0 bridgehead atoms. The molecule has 1 unspecified atom stereocenters. The van der Waals surface area contributed by atoms with E-state index in [1.54, 1.807) is 24.1 Å². The maximum absolute atomic E-state index is 12.6. The molecule has 1 amide bonds. The molecule has 0 saturated heterocycles. The van der Waals surface area contributed by atoms with Crippen molar-refractivity contribution >= 4 is 15.7 Å². The van der Waals surface area contributed by atoms with Crippen molar-refractivity contribution in [1.29, 1.82) is 0 Å². The summed E-state index contributed by atoms with van der Waals surface area (Å²) in [5.41, 5.74) is 1.39. The molecular weight excluding hydrogens is 298 g/mol. The lowest BCUT2D eigenvalue weighted by Gasteiger charge is -2.25. The molecule has 5 heteroatoms. The summed E-state index contributed by atoms with van der Waals surface area (Å²) >= 11 is 0. The van der Waals surface area contributed by atoms with Crippen molar-refractivity contribution in [3.63, 3.8) is 0 Å². The predicted molar refractivity (Wildman–Crippen MR) is 86.5 cm³/mol. The Hall–Kier alpha value is -2.14. The lowest BCUT2D eigenvalue weighted by Crippen LogP contribution is -2.29. The van der Waals surface area contributed by atoms with Crippen molar-refractivity contribution in [3.8, 4) is 0 Å². The van der Waals surface area contributed by atoms with Crippen LogP contribution in [0.25, 0.3) is 0 Å². The second-order valence-corrected chi connectivity index (χ2v) is 7.32. The topological polar surface area (TPSA) is 54.5 Å². The Kier molecular flexibility index (Phi) is 4.66. The number of carbonyl (C=O) groups is 1. The summed E-state index contributed by atoms with van der Waals surface area (Å²) in [6.45, 7) is 1.94. The van der Waals surface area contributed by atoms with Gasteiger partial charge in [0.1, 0.15) is 0 Å². The van der Waals surface area contributed by atoms with Gasteiger partial charge in [0.2, 0.25) is 0 Å². The average molecular weight is 317 g/mol. The van der Waals surface area contributed by atoms with Gasteiger partial charge in [0, 0.05) is 18.9 Å². The minimum absolute atomic E-state index is 0.101. The molecule has 0 saturated carbocycles. The smallest absolute Gasteiger partial charge is 0.254 e. The van der Waals surface area contributed by atoms with Gasteiger partial charge in [0.25, 0.3) is 5.91 Å². The third-order valence-corrected chi connectivity index (χ3v) is 4.80. The van der Waals surface area contributed by atoms with Crippen LogP contribution < -0.4 is 0 Å². The molecule has 0 aromatic heterocycles. The fraction of sp³-hybridized carbons (Fsp3) is 0.235. The van der Waals surface area contributed by atoms with Crippen molar-refractivity contribution in [1.82, 2.24) is 4.90 Å². The summed E-state index contributed by atoms with van der Waals surface area (Å²) in [5.74, 6) is -0.207. The van der Waals surface area contributed by atoms with Crippen molar-refractivity contribution in [2.24, 2.45) is 0 Å². The van der Waals surface area contributed by atoms with Crippen molar-refractivity contribution in [2.75, 3.05) is 13.3 Å². The number of rotatable bonds is 4. The van der Waals surface area contributed by atoms with Gasteiger partial charge in [0.05, 0.1) is 10.9 Å². The summed E-state index contributed by atoms with van der Waals surface area (Å²) in [4.78, 5) is 14.3. The Morgan fingerprint density at radius 2 is 1.68 bits per heavy atom. The Balaban J connectivity index is 2.28. The van der Waals surface area contributed by atoms with E-state index in [1.165, 1.54) is 12.1 Å². The number of hydrogen-bond acceptors (Lipinski definition) is 3. The van der Waals surface area contributed by atoms with Crippen LogP contribution >= 0.6 is 0 Å². The van der Waals surface area contributed by atoms with Crippen LogP contribution in [-0.4, -0.2) is 32.5 Å². The molecule has 0 fully saturated rings. The summed E-state index contributed by atoms with van der Waals surface area (Å²) in [5, 5.41) is 0. The minimum atomic E-state index is -3.33. The van der Waals surface area contributed by atoms with Crippen molar-refractivity contribution < 1.29 is 13.2 Å². The molecular formula is C17H19NO3S. The number of amides is 1. The molecule has 116 valence electrons. The van der Waals surface area contributed by atoms with E-state index in [1.807, 2.05) is 37.3 Å². The van der Waals surface area contributed by atoms with Crippen LogP contribution in [0.1, 0.15) is 28.9 Å². The van der Waals surface area contributed by atoms with Crippen LogP contribution in [0.3, 0.4) is 0 Å². The molecule has 0 spiro atoms. The monoisotopic (exact) mass is 317 g/mol. The summed E-state index contributed by atoms with van der Waals surface area (Å²) in [7, 11) is -1.61. The first-order valence-electron chi connectivity index (χ1n) is 6.93. The van der Waals surface area contributed by atoms with Crippen LogP contribution in [-0.2, 0) is 9.84 Å². The highest BCUT2D eigenvalue weighted by molar-refractivity contribution is 7.90. The molecule has 2 rings (SSSR count). The number of carbonyl (C=O) groups excluding carboxylic acids is 1. The predicted octanol–water partition coefficient (Wildman–Crippen LogP) is 2.92. The second kappa shape index (κ2) is 6.32. The molecule has 4 nitrogen and oxygen atoms in total. The zero-order chi connectivity index (χ0) is 16.3. The van der Waals surface area contributed by atoms with E-state index in [4.69, 9.17) is 0 Å². The Morgan fingerprint density at radius 3 is 2.27 bits per heavy atom. The van der Waals surface area contributed by atoms with E-state index in [2.05, 4.69) is 0 Å². The molecule has 0 aliphatic rings. The highest BCUT2D eigenvalue weighted by Gasteiger charge is 2.20. The van der Waals surface area contributed by atoms with Crippen LogP contribution in [0.5, 0.6) is 0 Å². The quantitative estimate of drug-likeness (QED) is 0.871. The molecule has 2 aromatic carbocycles. The summed E-state index contributed by atoms with van der Waals surface area (Å²) < 4.78 is 23.2. The largest absolute Gasteiger partial charge is 0.335 e. The van der Waals surface area contributed by atoms with Gasteiger partial charge in [0.15, 0.2) is 9.84 Å². The Bertz CT molecular complexity index is 770. The van der Waals surface area contributed by atoms with E-state index in [0.717, 1.165) is 11.8 Å². The first-order valence-corrected chi connectivity index (χ1v) is 8.82. The van der Waals surface area contributed by atoms with Gasteiger partial charge in [-0.3, -0.25) is 4.79 Å². The molecule has 22 heavy (non-hydrogen) atoms. The molecule has 1 atom stereocenters. The Morgan fingerprint density at radius 1 is 1.05 bits per heavy atom. The number of sulfone groups is 1. The lowest BCUT2D eigenvalue weighted by molar-refractivity contribution is 0.0742. The van der Waals surface area contributed by atoms with E-state index in [0.29, 0.717) is 5.56 Å². The van der Waals surface area contributed by atoms with Gasteiger partial charge in [-0.2, -0.15) is 0 Å². The molecule has 0 radical (unpaired) electrons. The molecule has 0 aliphatic heterocycles. The van der Waals surface area contributed by atoms with Gasteiger partial charge in [-0.15, -0.1) is 0 Å². The molecule has 0 N–H and O–H groups in total. The van der Waals surface area contributed by atoms with Gasteiger partial charge in [-0.05, 0) is 30.7 Å². The average Bonchev–Trinajstić information content (AvgIpc) is 2.53. The number of hydrogen-bond donors (Lipinski definition) is 0. The van der Waals surface area contributed by atoms with Gasteiger partial charge >= 0.3 is 0 Å². The van der Waals surface area contributed by atoms with Crippen LogP contribution in [0.4, 0.5) is 0 Å². The van der Waals surface area contributed by atoms with Gasteiger partial charge in [-0.25, -0.2) is 8.42 Å². The zero-order valence-corrected chi connectivity index (χ0v) is 13.7. The first-order chi connectivity index (χ1) is 10.3. The third kappa shape index (κ3) is 3.54.